The van der Waals surface area contributed by atoms with Gasteiger partial charge in [0.15, 0.2) is 12.3 Å². The van der Waals surface area contributed by atoms with Crippen molar-refractivity contribution in [2.24, 2.45) is 5.73 Å². The molecule has 0 unspecified atom stereocenters. The molecule has 0 fully saturated rings. The van der Waals surface area contributed by atoms with Crippen molar-refractivity contribution in [3.63, 3.8) is 0 Å². The topological polar surface area (TPSA) is 107 Å². The minimum atomic E-state index is -0.816. The Morgan fingerprint density at radius 1 is 0.884 bits per heavy atom. The first-order valence-corrected chi connectivity index (χ1v) is 15.1. The lowest BCUT2D eigenvalue weighted by atomic mass is 9.81. The minimum absolute atomic E-state index is 0.0534. The minimum Gasteiger partial charge on any atom is -0.481 e. The van der Waals surface area contributed by atoms with E-state index in [1.807, 2.05) is 24.3 Å². The maximum Gasteiger partial charge on any atom is 0.309 e. The van der Waals surface area contributed by atoms with Crippen LogP contribution in [-0.2, 0) is 20.4 Å². The molecule has 7 nitrogen and oxygen atoms in total. The van der Waals surface area contributed by atoms with Gasteiger partial charge in [0.1, 0.15) is 6.42 Å². The zero-order chi connectivity index (χ0) is 30.9. The third kappa shape index (κ3) is 5.68. The number of carboxylic acid groups (broad SMARTS) is 2. The van der Waals surface area contributed by atoms with Crippen molar-refractivity contribution < 1.29 is 24.4 Å². The number of nitrogens with two attached hydrogens (primary N) is 1. The summed E-state index contributed by atoms with van der Waals surface area (Å²) in [7, 11) is 0. The van der Waals surface area contributed by atoms with E-state index in [0.29, 0.717) is 13.1 Å². The number of nitrogens with zero attached hydrogens (tertiary/aromatic N) is 2. The fraction of sp³-hybridized carbons (Fsp3) is 0.361. The molecule has 0 spiro atoms. The predicted octanol–water partition coefficient (Wildman–Crippen LogP) is 6.57. The van der Waals surface area contributed by atoms with Crippen LogP contribution in [0.2, 0.25) is 0 Å². The average molecular weight is 581 g/mol. The van der Waals surface area contributed by atoms with Gasteiger partial charge in [-0.15, -0.1) is 0 Å². The van der Waals surface area contributed by atoms with Crippen LogP contribution in [0.15, 0.2) is 95.4 Å². The second kappa shape index (κ2) is 11.7. The number of rotatable bonds is 9. The number of anilines is 1. The van der Waals surface area contributed by atoms with Crippen molar-refractivity contribution in [1.29, 1.82) is 0 Å². The Balaban J connectivity index is 1.49. The fourth-order valence-electron chi connectivity index (χ4n) is 6.83. The van der Waals surface area contributed by atoms with E-state index >= 15 is 0 Å². The summed E-state index contributed by atoms with van der Waals surface area (Å²) in [6.07, 6.45) is 11.3. The lowest BCUT2D eigenvalue weighted by Crippen LogP contribution is -2.28. The van der Waals surface area contributed by atoms with Crippen molar-refractivity contribution in [2.75, 3.05) is 18.0 Å². The molecule has 7 heteroatoms. The van der Waals surface area contributed by atoms with E-state index in [1.165, 1.54) is 11.1 Å². The molecular formula is C36H42N3O4+. The molecule has 0 aromatic heterocycles. The van der Waals surface area contributed by atoms with Crippen molar-refractivity contribution in [3.8, 4) is 0 Å². The molecule has 4 N–H and O–H groups in total. The van der Waals surface area contributed by atoms with Gasteiger partial charge in [-0.25, -0.2) is 0 Å². The van der Waals surface area contributed by atoms with Gasteiger partial charge in [-0.3, -0.25) is 9.59 Å². The summed E-state index contributed by atoms with van der Waals surface area (Å²) < 4.78 is 2.13. The van der Waals surface area contributed by atoms with Gasteiger partial charge in [-0.2, -0.15) is 4.58 Å². The highest BCUT2D eigenvalue weighted by molar-refractivity contribution is 6.03. The van der Waals surface area contributed by atoms with E-state index < -0.39 is 11.9 Å². The molecule has 3 aliphatic rings. The van der Waals surface area contributed by atoms with Crippen LogP contribution in [0.5, 0.6) is 0 Å². The first kappa shape index (κ1) is 30.1. The van der Waals surface area contributed by atoms with E-state index in [1.54, 1.807) is 0 Å². The molecule has 2 heterocycles. The van der Waals surface area contributed by atoms with E-state index in [2.05, 4.69) is 85.7 Å². The van der Waals surface area contributed by atoms with Crippen LogP contribution >= 0.6 is 0 Å². The van der Waals surface area contributed by atoms with Gasteiger partial charge in [0.05, 0.1) is 11.8 Å². The number of para-hydroxylation sites is 2. The number of fused-ring (bicyclic) bond motifs is 2. The van der Waals surface area contributed by atoms with Gasteiger partial charge in [-0.05, 0) is 62.0 Å². The summed E-state index contributed by atoms with van der Waals surface area (Å²) >= 11 is 0. The first-order chi connectivity index (χ1) is 20.4. The predicted molar refractivity (Wildman–Crippen MR) is 171 cm³/mol. The van der Waals surface area contributed by atoms with Gasteiger partial charge in [0.25, 0.3) is 0 Å². The molecular weight excluding hydrogens is 538 g/mol. The number of carboxylic acids is 2. The van der Waals surface area contributed by atoms with Crippen LogP contribution in [0.3, 0.4) is 0 Å². The van der Waals surface area contributed by atoms with Crippen LogP contribution in [0.4, 0.5) is 11.4 Å². The van der Waals surface area contributed by atoms with Crippen LogP contribution in [0.25, 0.3) is 0 Å². The van der Waals surface area contributed by atoms with Crippen LogP contribution in [0.1, 0.15) is 70.9 Å². The Kier molecular flexibility index (Phi) is 8.19. The molecule has 0 saturated carbocycles. The molecule has 5 rings (SSSR count). The van der Waals surface area contributed by atoms with Crippen molar-refractivity contribution in [1.82, 2.24) is 0 Å². The van der Waals surface area contributed by atoms with E-state index in [-0.39, 0.29) is 23.7 Å². The van der Waals surface area contributed by atoms with E-state index in [0.717, 1.165) is 58.9 Å². The quantitative estimate of drug-likeness (QED) is 0.290. The standard InChI is InChI=1S/C36H41N3O4/c1-35(2)26-12-5-7-14-28(26)38(22-20-32(40)41)30(35)18-16-24-10-9-11-25(34(24)37)17-19-31-36(3,4)27-13-6-8-15-29(27)39(31)23-21-33(42)43/h5-8,12-19,37H,9-11,20-23H2,1-4H3,(H2,40,41,42,43)/p+1/b24-16+,30-18+. The molecule has 1 aliphatic carbocycles. The normalized spacial score (nSPS) is 20.8. The Bertz CT molecular complexity index is 1620. The largest absolute Gasteiger partial charge is 0.481 e. The highest BCUT2D eigenvalue weighted by Gasteiger charge is 2.44. The summed E-state index contributed by atoms with van der Waals surface area (Å²) in [5, 5.41) is 18.8. The van der Waals surface area contributed by atoms with Crippen LogP contribution in [-0.4, -0.2) is 45.5 Å². The molecule has 0 radical (unpaired) electrons. The second-order valence-electron chi connectivity index (χ2n) is 12.6. The average Bonchev–Trinajstić information content (AvgIpc) is 3.32. The third-order valence-corrected chi connectivity index (χ3v) is 9.17. The smallest absolute Gasteiger partial charge is 0.309 e. The Morgan fingerprint density at radius 3 is 2.28 bits per heavy atom. The zero-order valence-corrected chi connectivity index (χ0v) is 25.6. The second-order valence-corrected chi connectivity index (χ2v) is 12.6. The van der Waals surface area contributed by atoms with Crippen molar-refractivity contribution in [2.45, 2.75) is 70.6 Å². The van der Waals surface area contributed by atoms with Gasteiger partial charge in [-0.1, -0.05) is 62.4 Å². The van der Waals surface area contributed by atoms with Gasteiger partial charge in [0, 0.05) is 46.7 Å². The van der Waals surface area contributed by atoms with Crippen LogP contribution < -0.4 is 10.6 Å². The summed E-state index contributed by atoms with van der Waals surface area (Å²) in [6.45, 7) is 9.53. The SMILES string of the molecule is CC1(C)C(/C=C/C2=C(N)C(=C/C=C3/N(CCC(=O)O)c4ccccc4C3(C)C)/CCC2)=[N+](CCC(=O)O)c2ccccc21. The lowest BCUT2D eigenvalue weighted by Gasteiger charge is -2.27. The Labute approximate surface area is 254 Å². The molecule has 224 valence electrons. The molecule has 43 heavy (non-hydrogen) atoms. The maximum absolute atomic E-state index is 11.5. The lowest BCUT2D eigenvalue weighted by molar-refractivity contribution is -0.436. The summed E-state index contributed by atoms with van der Waals surface area (Å²) in [4.78, 5) is 25.0. The maximum atomic E-state index is 11.5. The number of hydrogen-bond acceptors (Lipinski definition) is 4. The molecule has 0 atom stereocenters. The van der Waals surface area contributed by atoms with E-state index in [9.17, 15) is 19.8 Å². The molecule has 2 aromatic carbocycles. The molecule has 0 amide bonds. The molecule has 2 aromatic rings. The molecule has 2 aliphatic heterocycles. The van der Waals surface area contributed by atoms with Gasteiger partial charge in [0.2, 0.25) is 5.69 Å². The molecule has 0 bridgehead atoms. The summed E-state index contributed by atoms with van der Waals surface area (Å²) in [5.74, 6) is -1.63. The fourth-order valence-corrected chi connectivity index (χ4v) is 6.83. The Morgan fingerprint density at radius 2 is 1.56 bits per heavy atom. The van der Waals surface area contributed by atoms with Crippen LogP contribution in [0, 0.1) is 0 Å². The van der Waals surface area contributed by atoms with Gasteiger partial charge >= 0.3 is 11.9 Å². The van der Waals surface area contributed by atoms with Crippen molar-refractivity contribution in [3.05, 3.63) is 107 Å². The molecule has 0 saturated heterocycles. The third-order valence-electron chi connectivity index (χ3n) is 9.17. The Hall–Kier alpha value is -4.39. The number of allylic oxidation sites excluding steroid dienone is 7. The summed E-state index contributed by atoms with van der Waals surface area (Å²) in [5.41, 5.74) is 15.8. The zero-order valence-electron chi connectivity index (χ0n) is 25.6. The van der Waals surface area contributed by atoms with Crippen molar-refractivity contribution >= 4 is 29.0 Å². The number of benzene rings is 2. The number of aliphatic carboxylic acids is 2. The first-order valence-electron chi connectivity index (χ1n) is 15.1. The number of hydrogen-bond donors (Lipinski definition) is 3. The highest BCUT2D eigenvalue weighted by Crippen LogP contribution is 2.48. The monoisotopic (exact) mass is 580 g/mol. The number of carbonyl (C=O) groups is 2. The highest BCUT2D eigenvalue weighted by atomic mass is 16.4. The van der Waals surface area contributed by atoms with Gasteiger partial charge < -0.3 is 20.8 Å². The summed E-state index contributed by atoms with van der Waals surface area (Å²) in [6, 6.07) is 16.4. The van der Waals surface area contributed by atoms with E-state index in [4.69, 9.17) is 5.73 Å².